The molecule has 0 N–H and O–H groups in total. The highest BCUT2D eigenvalue weighted by Crippen LogP contribution is 2.20. The van der Waals surface area contributed by atoms with Crippen LogP contribution < -0.4 is 0 Å². The molecular weight excluding hydrogens is 300 g/mol. The van der Waals surface area contributed by atoms with Crippen molar-refractivity contribution in [2.75, 3.05) is 13.2 Å². The Morgan fingerprint density at radius 2 is 2.17 bits per heavy atom. The minimum Gasteiger partial charge on any atom is -0.377 e. The van der Waals surface area contributed by atoms with Gasteiger partial charge in [-0.1, -0.05) is 0 Å². The molecule has 24 heavy (non-hydrogen) atoms. The van der Waals surface area contributed by atoms with Crippen molar-refractivity contribution < 1.29 is 4.74 Å². The van der Waals surface area contributed by atoms with Gasteiger partial charge in [0.1, 0.15) is 11.8 Å². The first-order valence-electron chi connectivity index (χ1n) is 8.45. The number of aromatic nitrogens is 2. The predicted octanol–water partition coefficient (Wildman–Crippen LogP) is 2.78. The zero-order chi connectivity index (χ0) is 16.9. The minimum atomic E-state index is 0.311. The molecule has 0 saturated carbocycles. The Labute approximate surface area is 143 Å². The molecule has 1 saturated heterocycles. The summed E-state index contributed by atoms with van der Waals surface area (Å²) in [6.07, 6.45) is 6.26. The molecule has 0 aromatic carbocycles. The fourth-order valence-corrected chi connectivity index (χ4v) is 3.28. The van der Waals surface area contributed by atoms with Crippen LogP contribution in [0.4, 0.5) is 0 Å². The van der Waals surface area contributed by atoms with Gasteiger partial charge in [0.15, 0.2) is 0 Å². The highest BCUT2D eigenvalue weighted by molar-refractivity contribution is 5.34. The van der Waals surface area contributed by atoms with Gasteiger partial charge in [0.25, 0.3) is 0 Å². The standard InChI is InChI=1S/C19H24N4O/c1-15-17(10-18(11-20)22(15)2)13-23(14-19-4-3-9-24-19)12-16-5-7-21-8-6-16/h5-8,10,19H,3-4,9,12-14H2,1-2H3. The van der Waals surface area contributed by atoms with Crippen LogP contribution in [0, 0.1) is 18.3 Å². The van der Waals surface area contributed by atoms with E-state index in [1.54, 1.807) is 0 Å². The van der Waals surface area contributed by atoms with E-state index in [0.717, 1.165) is 44.8 Å². The number of pyridine rings is 1. The van der Waals surface area contributed by atoms with Gasteiger partial charge < -0.3 is 9.30 Å². The van der Waals surface area contributed by atoms with Gasteiger partial charge >= 0.3 is 0 Å². The van der Waals surface area contributed by atoms with Crippen LogP contribution in [0.15, 0.2) is 30.6 Å². The van der Waals surface area contributed by atoms with Crippen LogP contribution in [-0.2, 0) is 24.9 Å². The lowest BCUT2D eigenvalue weighted by molar-refractivity contribution is 0.0678. The zero-order valence-electron chi connectivity index (χ0n) is 14.4. The first-order chi connectivity index (χ1) is 11.7. The van der Waals surface area contributed by atoms with Crippen LogP contribution in [0.3, 0.4) is 0 Å². The molecule has 0 bridgehead atoms. The molecule has 1 unspecified atom stereocenters. The van der Waals surface area contributed by atoms with E-state index in [1.807, 2.05) is 30.1 Å². The fourth-order valence-electron chi connectivity index (χ4n) is 3.28. The van der Waals surface area contributed by atoms with E-state index < -0.39 is 0 Å². The van der Waals surface area contributed by atoms with Gasteiger partial charge in [0, 0.05) is 51.4 Å². The molecule has 5 nitrogen and oxygen atoms in total. The maximum absolute atomic E-state index is 9.24. The van der Waals surface area contributed by atoms with Crippen molar-refractivity contribution >= 4 is 0 Å². The third-order valence-electron chi connectivity index (χ3n) is 4.79. The molecule has 1 aliphatic heterocycles. The van der Waals surface area contributed by atoms with Crippen molar-refractivity contribution in [3.63, 3.8) is 0 Å². The average Bonchev–Trinajstić information content (AvgIpc) is 3.19. The summed E-state index contributed by atoms with van der Waals surface area (Å²) in [6, 6.07) is 8.38. The topological polar surface area (TPSA) is 54.1 Å². The monoisotopic (exact) mass is 324 g/mol. The lowest BCUT2D eigenvalue weighted by atomic mass is 10.1. The van der Waals surface area contributed by atoms with Crippen molar-refractivity contribution in [2.45, 2.75) is 39.0 Å². The van der Waals surface area contributed by atoms with Gasteiger partial charge in [-0.2, -0.15) is 5.26 Å². The van der Waals surface area contributed by atoms with E-state index >= 15 is 0 Å². The largest absolute Gasteiger partial charge is 0.377 e. The molecule has 0 radical (unpaired) electrons. The summed E-state index contributed by atoms with van der Waals surface area (Å²) in [7, 11) is 1.95. The lowest BCUT2D eigenvalue weighted by Crippen LogP contribution is -2.31. The second kappa shape index (κ2) is 7.61. The van der Waals surface area contributed by atoms with E-state index in [0.29, 0.717) is 11.8 Å². The Kier molecular flexibility index (Phi) is 5.29. The Morgan fingerprint density at radius 1 is 1.38 bits per heavy atom. The smallest absolute Gasteiger partial charge is 0.120 e. The number of nitriles is 1. The fraction of sp³-hybridized carbons (Fsp3) is 0.474. The summed E-state index contributed by atoms with van der Waals surface area (Å²) >= 11 is 0. The van der Waals surface area contributed by atoms with E-state index in [9.17, 15) is 5.26 Å². The van der Waals surface area contributed by atoms with Gasteiger partial charge in [-0.05, 0) is 49.1 Å². The summed E-state index contributed by atoms with van der Waals surface area (Å²) in [5.74, 6) is 0. The van der Waals surface area contributed by atoms with Crippen molar-refractivity contribution in [3.8, 4) is 6.07 Å². The first-order valence-corrected chi connectivity index (χ1v) is 8.45. The van der Waals surface area contributed by atoms with Gasteiger partial charge in [-0.25, -0.2) is 0 Å². The third kappa shape index (κ3) is 3.84. The number of hydrogen-bond acceptors (Lipinski definition) is 4. The van der Waals surface area contributed by atoms with E-state index in [4.69, 9.17) is 4.74 Å². The van der Waals surface area contributed by atoms with Crippen molar-refractivity contribution in [1.82, 2.24) is 14.5 Å². The minimum absolute atomic E-state index is 0.311. The molecule has 126 valence electrons. The molecule has 0 aliphatic carbocycles. The Bertz CT molecular complexity index is 711. The second-order valence-corrected chi connectivity index (χ2v) is 6.47. The van der Waals surface area contributed by atoms with E-state index in [-0.39, 0.29) is 0 Å². The van der Waals surface area contributed by atoms with Crippen LogP contribution in [0.1, 0.15) is 35.4 Å². The van der Waals surface area contributed by atoms with Crippen LogP contribution in [0.2, 0.25) is 0 Å². The first kappa shape index (κ1) is 16.7. The maximum atomic E-state index is 9.24. The van der Waals surface area contributed by atoms with Crippen molar-refractivity contribution in [1.29, 1.82) is 5.26 Å². The molecule has 5 heteroatoms. The van der Waals surface area contributed by atoms with Gasteiger partial charge in [0.05, 0.1) is 6.10 Å². The van der Waals surface area contributed by atoms with Gasteiger partial charge in [-0.15, -0.1) is 0 Å². The number of ether oxygens (including phenoxy) is 1. The average molecular weight is 324 g/mol. The van der Waals surface area contributed by atoms with E-state index in [1.165, 1.54) is 11.1 Å². The van der Waals surface area contributed by atoms with Crippen LogP contribution in [0.5, 0.6) is 0 Å². The van der Waals surface area contributed by atoms with Crippen LogP contribution in [-0.4, -0.2) is 33.7 Å². The Morgan fingerprint density at radius 3 is 2.79 bits per heavy atom. The van der Waals surface area contributed by atoms with Crippen molar-refractivity contribution in [3.05, 3.63) is 53.1 Å². The Balaban J connectivity index is 1.77. The third-order valence-corrected chi connectivity index (χ3v) is 4.79. The summed E-state index contributed by atoms with van der Waals surface area (Å²) in [4.78, 5) is 6.51. The molecule has 3 heterocycles. The number of rotatable bonds is 6. The number of nitrogens with zero attached hydrogens (tertiary/aromatic N) is 4. The SMILES string of the molecule is Cc1c(CN(Cc2ccncc2)CC2CCCO2)cc(C#N)n1C. The molecule has 0 amide bonds. The predicted molar refractivity (Wildman–Crippen MR) is 92.2 cm³/mol. The normalized spacial score (nSPS) is 17.3. The van der Waals surface area contributed by atoms with Crippen molar-refractivity contribution in [2.24, 2.45) is 7.05 Å². The highest BCUT2D eigenvalue weighted by Gasteiger charge is 2.21. The summed E-state index contributed by atoms with van der Waals surface area (Å²) in [5, 5.41) is 9.24. The summed E-state index contributed by atoms with van der Waals surface area (Å²) in [6.45, 7) is 5.55. The maximum Gasteiger partial charge on any atom is 0.120 e. The molecule has 2 aromatic heterocycles. The molecule has 1 fully saturated rings. The van der Waals surface area contributed by atoms with E-state index in [2.05, 4.69) is 35.0 Å². The van der Waals surface area contributed by atoms with Crippen LogP contribution >= 0.6 is 0 Å². The molecule has 3 rings (SSSR count). The Hall–Kier alpha value is -2.16. The lowest BCUT2D eigenvalue weighted by Gasteiger charge is -2.25. The summed E-state index contributed by atoms with van der Waals surface area (Å²) < 4.78 is 7.79. The number of hydrogen-bond donors (Lipinski definition) is 0. The van der Waals surface area contributed by atoms with Crippen LogP contribution in [0.25, 0.3) is 0 Å². The highest BCUT2D eigenvalue weighted by atomic mass is 16.5. The van der Waals surface area contributed by atoms with Gasteiger partial charge in [0.2, 0.25) is 0 Å². The molecular formula is C19H24N4O. The molecule has 1 atom stereocenters. The quantitative estimate of drug-likeness (QED) is 0.820. The summed E-state index contributed by atoms with van der Waals surface area (Å²) in [5.41, 5.74) is 4.32. The van der Waals surface area contributed by atoms with Gasteiger partial charge in [-0.3, -0.25) is 9.88 Å². The molecule has 0 spiro atoms. The second-order valence-electron chi connectivity index (χ2n) is 6.47. The molecule has 1 aliphatic rings. The zero-order valence-corrected chi connectivity index (χ0v) is 14.4. The molecule has 2 aromatic rings.